The zero-order valence-corrected chi connectivity index (χ0v) is 19.5. The van der Waals surface area contributed by atoms with Crippen molar-refractivity contribution < 1.29 is 22.8 Å². The summed E-state index contributed by atoms with van der Waals surface area (Å²) in [7, 11) is 0. The summed E-state index contributed by atoms with van der Waals surface area (Å²) in [6.45, 7) is 5.35. The van der Waals surface area contributed by atoms with Crippen LogP contribution in [-0.4, -0.2) is 46.4 Å². The van der Waals surface area contributed by atoms with Gasteiger partial charge in [-0.1, -0.05) is 38.8 Å². The third-order valence-electron chi connectivity index (χ3n) is 7.43. The first-order valence-electron chi connectivity index (χ1n) is 12.1. The fourth-order valence-corrected chi connectivity index (χ4v) is 5.69. The van der Waals surface area contributed by atoms with E-state index in [4.69, 9.17) is 0 Å². The molecular formula is C25H34F3N3O2. The number of hydrogen-bond donors (Lipinski definition) is 1. The molecule has 182 valence electrons. The minimum Gasteiger partial charge on any atom is -0.342 e. The van der Waals surface area contributed by atoms with Crippen molar-refractivity contribution in [3.05, 3.63) is 35.4 Å². The zero-order valence-electron chi connectivity index (χ0n) is 19.5. The Morgan fingerprint density at radius 2 is 1.85 bits per heavy atom. The van der Waals surface area contributed by atoms with Crippen molar-refractivity contribution in [3.8, 4) is 0 Å². The summed E-state index contributed by atoms with van der Waals surface area (Å²) >= 11 is 0. The fourth-order valence-electron chi connectivity index (χ4n) is 5.69. The molecule has 0 unspecified atom stereocenters. The van der Waals surface area contributed by atoms with E-state index >= 15 is 0 Å². The molecule has 3 aliphatic rings. The second-order valence-electron chi connectivity index (χ2n) is 10.3. The van der Waals surface area contributed by atoms with E-state index in [1.165, 1.54) is 6.07 Å². The number of benzene rings is 1. The van der Waals surface area contributed by atoms with Gasteiger partial charge in [0.2, 0.25) is 11.8 Å². The van der Waals surface area contributed by atoms with Crippen LogP contribution in [0.3, 0.4) is 0 Å². The maximum atomic E-state index is 13.4. The van der Waals surface area contributed by atoms with Crippen molar-refractivity contribution in [2.45, 2.75) is 83.2 Å². The van der Waals surface area contributed by atoms with Gasteiger partial charge in [0.1, 0.15) is 0 Å². The third-order valence-corrected chi connectivity index (χ3v) is 7.43. The highest BCUT2D eigenvalue weighted by Crippen LogP contribution is 2.37. The largest absolute Gasteiger partial charge is 0.416 e. The maximum Gasteiger partial charge on any atom is 0.416 e. The van der Waals surface area contributed by atoms with Gasteiger partial charge in [-0.05, 0) is 42.9 Å². The maximum absolute atomic E-state index is 13.4. The Bertz CT molecular complexity index is 872. The van der Waals surface area contributed by atoms with Gasteiger partial charge in [0.25, 0.3) is 0 Å². The van der Waals surface area contributed by atoms with Crippen molar-refractivity contribution in [2.75, 3.05) is 13.1 Å². The molecule has 4 rings (SSSR count). The van der Waals surface area contributed by atoms with Crippen LogP contribution in [0, 0.1) is 11.8 Å². The van der Waals surface area contributed by atoms with Crippen LogP contribution >= 0.6 is 0 Å². The minimum absolute atomic E-state index is 0.0586. The average Bonchev–Trinajstić information content (AvgIpc) is 3.37. The van der Waals surface area contributed by atoms with E-state index in [9.17, 15) is 22.8 Å². The molecule has 1 saturated carbocycles. The van der Waals surface area contributed by atoms with Gasteiger partial charge in [-0.3, -0.25) is 14.9 Å². The SMILES string of the molecule is CC(C)C[C@@H]1NC2(CCN(C(=O)C3CCCC3)CC2)N(Cc2cccc(C(F)(F)F)c2)C1=O. The predicted molar refractivity (Wildman–Crippen MR) is 119 cm³/mol. The smallest absolute Gasteiger partial charge is 0.342 e. The second kappa shape index (κ2) is 9.28. The van der Waals surface area contributed by atoms with Crippen molar-refractivity contribution in [3.63, 3.8) is 0 Å². The first-order chi connectivity index (χ1) is 15.6. The number of alkyl halides is 3. The molecule has 1 spiro atoms. The Morgan fingerprint density at radius 1 is 1.18 bits per heavy atom. The first kappa shape index (κ1) is 24.0. The Balaban J connectivity index is 1.53. The standard InChI is InChI=1S/C25H34F3N3O2/c1-17(2)14-21-23(33)31(16-18-6-5-9-20(15-18)25(26,27)28)24(29-21)10-12-30(13-11-24)22(32)19-7-3-4-8-19/h5-6,9,15,17,19,21,29H,3-4,7-8,10-14,16H2,1-2H3/t21-/m0/s1. The highest BCUT2D eigenvalue weighted by molar-refractivity contribution is 5.85. The van der Waals surface area contributed by atoms with Gasteiger partial charge < -0.3 is 9.80 Å². The number of likely N-dealkylation sites (tertiary alicyclic amines) is 1. The monoisotopic (exact) mass is 465 g/mol. The van der Waals surface area contributed by atoms with E-state index < -0.39 is 17.4 Å². The van der Waals surface area contributed by atoms with Crippen LogP contribution in [0.4, 0.5) is 13.2 Å². The van der Waals surface area contributed by atoms with Crippen molar-refractivity contribution in [2.24, 2.45) is 11.8 Å². The molecule has 2 heterocycles. The summed E-state index contributed by atoms with van der Waals surface area (Å²) in [4.78, 5) is 30.0. The Hall–Kier alpha value is -2.09. The van der Waals surface area contributed by atoms with Gasteiger partial charge in [0.15, 0.2) is 0 Å². The average molecular weight is 466 g/mol. The Morgan fingerprint density at radius 3 is 2.45 bits per heavy atom. The quantitative estimate of drug-likeness (QED) is 0.694. The van der Waals surface area contributed by atoms with E-state index in [0.29, 0.717) is 43.8 Å². The van der Waals surface area contributed by atoms with Crippen molar-refractivity contribution >= 4 is 11.8 Å². The van der Waals surface area contributed by atoms with Crippen LogP contribution in [0.2, 0.25) is 0 Å². The van der Waals surface area contributed by atoms with Gasteiger partial charge in [-0.2, -0.15) is 13.2 Å². The van der Waals surface area contributed by atoms with Crippen molar-refractivity contribution in [1.29, 1.82) is 0 Å². The number of carbonyl (C=O) groups excluding carboxylic acids is 2. The number of amides is 2. The summed E-state index contributed by atoms with van der Waals surface area (Å²) in [5.41, 5.74) is -0.865. The molecule has 5 nitrogen and oxygen atoms in total. The third kappa shape index (κ3) is 5.05. The lowest BCUT2D eigenvalue weighted by atomic mass is 9.93. The number of hydrogen-bond acceptors (Lipinski definition) is 3. The fraction of sp³-hybridized carbons (Fsp3) is 0.680. The van der Waals surface area contributed by atoms with Crippen molar-refractivity contribution in [1.82, 2.24) is 15.1 Å². The Kier molecular flexibility index (Phi) is 6.76. The van der Waals surface area contributed by atoms with Gasteiger partial charge in [-0.25, -0.2) is 0 Å². The van der Waals surface area contributed by atoms with Crippen LogP contribution in [0.15, 0.2) is 24.3 Å². The molecule has 2 aliphatic heterocycles. The second-order valence-corrected chi connectivity index (χ2v) is 10.3. The summed E-state index contributed by atoms with van der Waals surface area (Å²) < 4.78 is 39.7. The minimum atomic E-state index is -4.42. The summed E-state index contributed by atoms with van der Waals surface area (Å²) in [5.74, 6) is 0.583. The highest BCUT2D eigenvalue weighted by Gasteiger charge is 2.52. The van der Waals surface area contributed by atoms with E-state index in [-0.39, 0.29) is 30.3 Å². The van der Waals surface area contributed by atoms with E-state index in [1.54, 1.807) is 11.0 Å². The molecular weight excluding hydrogens is 431 g/mol. The van der Waals surface area contributed by atoms with Gasteiger partial charge >= 0.3 is 6.18 Å². The van der Waals surface area contributed by atoms with Crippen LogP contribution in [-0.2, 0) is 22.3 Å². The molecule has 1 aromatic carbocycles. The summed E-state index contributed by atoms with van der Waals surface area (Å²) in [5, 5.41) is 3.55. The lowest BCUT2D eigenvalue weighted by molar-refractivity contribution is -0.140. The Labute approximate surface area is 193 Å². The number of nitrogens with zero attached hydrogens (tertiary/aromatic N) is 2. The van der Waals surface area contributed by atoms with E-state index in [0.717, 1.165) is 37.8 Å². The summed E-state index contributed by atoms with van der Waals surface area (Å²) in [6, 6.07) is 4.87. The molecule has 2 amide bonds. The number of carbonyl (C=O) groups is 2. The van der Waals surface area contributed by atoms with E-state index in [1.807, 2.05) is 4.90 Å². The molecule has 3 fully saturated rings. The van der Waals surface area contributed by atoms with E-state index in [2.05, 4.69) is 19.2 Å². The van der Waals surface area contributed by atoms with Gasteiger partial charge in [0.05, 0.1) is 17.3 Å². The molecule has 0 aromatic heterocycles. The molecule has 0 radical (unpaired) electrons. The number of nitrogens with one attached hydrogen (secondary N) is 1. The highest BCUT2D eigenvalue weighted by atomic mass is 19.4. The first-order valence-corrected chi connectivity index (χ1v) is 12.1. The van der Waals surface area contributed by atoms with Crippen LogP contribution in [0.1, 0.15) is 69.9 Å². The molecule has 1 aromatic rings. The molecule has 33 heavy (non-hydrogen) atoms. The van der Waals surface area contributed by atoms with Crippen LogP contribution < -0.4 is 5.32 Å². The zero-order chi connectivity index (χ0) is 23.8. The predicted octanol–water partition coefficient (Wildman–Crippen LogP) is 4.56. The molecule has 1 aliphatic carbocycles. The van der Waals surface area contributed by atoms with Gasteiger partial charge in [-0.15, -0.1) is 0 Å². The number of piperidine rings is 1. The topological polar surface area (TPSA) is 52.7 Å². The number of halogens is 3. The number of rotatable bonds is 5. The molecule has 2 saturated heterocycles. The van der Waals surface area contributed by atoms with Gasteiger partial charge in [0, 0.05) is 38.4 Å². The lowest BCUT2D eigenvalue weighted by Gasteiger charge is -2.45. The molecule has 0 bridgehead atoms. The molecule has 1 atom stereocenters. The van der Waals surface area contributed by atoms with Crippen LogP contribution in [0.5, 0.6) is 0 Å². The normalized spacial score (nSPS) is 23.8. The molecule has 1 N–H and O–H groups in total. The lowest BCUT2D eigenvalue weighted by Crippen LogP contribution is -2.59. The van der Waals surface area contributed by atoms with Crippen LogP contribution in [0.25, 0.3) is 0 Å². The summed E-state index contributed by atoms with van der Waals surface area (Å²) in [6.07, 6.45) is 1.54. The molecule has 8 heteroatoms.